The summed E-state index contributed by atoms with van der Waals surface area (Å²) < 4.78 is 28.6. The Labute approximate surface area is 87.5 Å². The van der Waals surface area contributed by atoms with Crippen LogP contribution in [0.15, 0.2) is 12.4 Å². The second-order valence-corrected chi connectivity index (χ2v) is 4.19. The fraction of sp³-hybridized carbons (Fsp3) is 0.600. The standard InChI is InChI=1S/C10H14F2N2O/c1-10(2,3)7-4-9(14-6-13-7)15-5-8(11)12/h4,6,8H,5H2,1-3H3. The van der Waals surface area contributed by atoms with Crippen LogP contribution in [0.2, 0.25) is 0 Å². The molecule has 0 aliphatic rings. The Balaban J connectivity index is 2.75. The average molecular weight is 216 g/mol. The van der Waals surface area contributed by atoms with Crippen molar-refractivity contribution in [1.29, 1.82) is 0 Å². The van der Waals surface area contributed by atoms with Crippen molar-refractivity contribution in [2.24, 2.45) is 0 Å². The fourth-order valence-corrected chi connectivity index (χ4v) is 0.977. The molecule has 0 aliphatic carbocycles. The summed E-state index contributed by atoms with van der Waals surface area (Å²) in [6.45, 7) is 5.30. The number of aromatic nitrogens is 2. The van der Waals surface area contributed by atoms with Gasteiger partial charge in [0.1, 0.15) is 6.33 Å². The van der Waals surface area contributed by atoms with Crippen LogP contribution in [0.3, 0.4) is 0 Å². The molecule has 0 bridgehead atoms. The largest absolute Gasteiger partial charge is 0.472 e. The Kier molecular flexibility index (Phi) is 3.55. The summed E-state index contributed by atoms with van der Waals surface area (Å²) in [5.74, 6) is 0.190. The van der Waals surface area contributed by atoms with Gasteiger partial charge in [0.2, 0.25) is 5.88 Å². The number of halogens is 2. The van der Waals surface area contributed by atoms with Gasteiger partial charge < -0.3 is 4.74 Å². The van der Waals surface area contributed by atoms with Gasteiger partial charge in [-0.3, -0.25) is 0 Å². The minimum atomic E-state index is -2.49. The van der Waals surface area contributed by atoms with E-state index >= 15 is 0 Å². The Morgan fingerprint density at radius 2 is 2.00 bits per heavy atom. The molecule has 0 fully saturated rings. The lowest BCUT2D eigenvalue weighted by Crippen LogP contribution is -2.15. The number of nitrogens with zero attached hydrogens (tertiary/aromatic N) is 2. The van der Waals surface area contributed by atoms with E-state index in [1.54, 1.807) is 6.07 Å². The van der Waals surface area contributed by atoms with Crippen LogP contribution in [0, 0.1) is 0 Å². The molecule has 0 saturated heterocycles. The third-order valence-electron chi connectivity index (χ3n) is 1.77. The maximum absolute atomic E-state index is 11.9. The summed E-state index contributed by atoms with van der Waals surface area (Å²) in [5, 5.41) is 0. The third kappa shape index (κ3) is 3.77. The molecule has 0 radical (unpaired) electrons. The SMILES string of the molecule is CC(C)(C)c1cc(OCC(F)F)ncn1. The molecule has 0 spiro atoms. The summed E-state index contributed by atoms with van der Waals surface area (Å²) >= 11 is 0. The molecule has 15 heavy (non-hydrogen) atoms. The molecule has 0 unspecified atom stereocenters. The van der Waals surface area contributed by atoms with E-state index in [1.165, 1.54) is 6.33 Å². The van der Waals surface area contributed by atoms with Crippen molar-refractivity contribution in [1.82, 2.24) is 9.97 Å². The molecule has 0 aromatic carbocycles. The second-order valence-electron chi connectivity index (χ2n) is 4.19. The van der Waals surface area contributed by atoms with Crippen molar-refractivity contribution in [3.05, 3.63) is 18.1 Å². The Hall–Kier alpha value is -1.26. The first-order valence-electron chi connectivity index (χ1n) is 4.63. The van der Waals surface area contributed by atoms with E-state index in [-0.39, 0.29) is 11.3 Å². The molecular formula is C10H14F2N2O. The van der Waals surface area contributed by atoms with E-state index in [1.807, 2.05) is 20.8 Å². The minimum absolute atomic E-state index is 0.147. The molecule has 1 aromatic heterocycles. The molecule has 0 N–H and O–H groups in total. The number of alkyl halides is 2. The summed E-state index contributed by atoms with van der Waals surface area (Å²) in [5.41, 5.74) is 0.619. The zero-order chi connectivity index (χ0) is 11.5. The molecule has 3 nitrogen and oxygen atoms in total. The lowest BCUT2D eigenvalue weighted by molar-refractivity contribution is 0.0794. The summed E-state index contributed by atoms with van der Waals surface area (Å²) in [6.07, 6.45) is -1.17. The van der Waals surface area contributed by atoms with E-state index in [9.17, 15) is 8.78 Å². The van der Waals surface area contributed by atoms with E-state index in [4.69, 9.17) is 4.74 Å². The fourth-order valence-electron chi connectivity index (χ4n) is 0.977. The molecule has 1 heterocycles. The third-order valence-corrected chi connectivity index (χ3v) is 1.77. The monoisotopic (exact) mass is 216 g/mol. The van der Waals surface area contributed by atoms with E-state index in [0.29, 0.717) is 0 Å². The van der Waals surface area contributed by atoms with Crippen LogP contribution in [0.4, 0.5) is 8.78 Å². The Morgan fingerprint density at radius 3 is 2.53 bits per heavy atom. The van der Waals surface area contributed by atoms with Crippen LogP contribution in [0.5, 0.6) is 5.88 Å². The normalized spacial score (nSPS) is 11.9. The quantitative estimate of drug-likeness (QED) is 0.778. The highest BCUT2D eigenvalue weighted by atomic mass is 19.3. The van der Waals surface area contributed by atoms with Crippen molar-refractivity contribution >= 4 is 0 Å². The average Bonchev–Trinajstić information content (AvgIpc) is 2.14. The number of rotatable bonds is 3. The number of ether oxygens (including phenoxy) is 1. The second kappa shape index (κ2) is 4.51. The van der Waals surface area contributed by atoms with Gasteiger partial charge >= 0.3 is 0 Å². The van der Waals surface area contributed by atoms with Gasteiger partial charge in [0.25, 0.3) is 6.43 Å². The van der Waals surface area contributed by atoms with Crippen molar-refractivity contribution in [3.63, 3.8) is 0 Å². The highest BCUT2D eigenvalue weighted by Crippen LogP contribution is 2.21. The van der Waals surface area contributed by atoms with E-state index < -0.39 is 13.0 Å². The Morgan fingerprint density at radius 1 is 1.33 bits per heavy atom. The molecule has 1 rings (SSSR count). The van der Waals surface area contributed by atoms with Crippen molar-refractivity contribution in [2.45, 2.75) is 32.6 Å². The minimum Gasteiger partial charge on any atom is -0.472 e. The van der Waals surface area contributed by atoms with Crippen LogP contribution in [0.1, 0.15) is 26.5 Å². The highest BCUT2D eigenvalue weighted by molar-refractivity contribution is 5.19. The molecule has 1 aromatic rings. The number of hydrogen-bond donors (Lipinski definition) is 0. The van der Waals surface area contributed by atoms with Crippen LogP contribution >= 0.6 is 0 Å². The van der Waals surface area contributed by atoms with E-state index in [2.05, 4.69) is 9.97 Å². The molecular weight excluding hydrogens is 202 g/mol. The molecule has 0 atom stereocenters. The predicted octanol–water partition coefficient (Wildman–Crippen LogP) is 2.42. The topological polar surface area (TPSA) is 35.0 Å². The van der Waals surface area contributed by atoms with Gasteiger partial charge in [-0.15, -0.1) is 0 Å². The molecule has 0 amide bonds. The number of hydrogen-bond acceptors (Lipinski definition) is 3. The lowest BCUT2D eigenvalue weighted by atomic mass is 9.92. The van der Waals surface area contributed by atoms with Gasteiger partial charge in [-0.25, -0.2) is 18.7 Å². The maximum Gasteiger partial charge on any atom is 0.272 e. The zero-order valence-electron chi connectivity index (χ0n) is 9.00. The summed E-state index contributed by atoms with van der Waals surface area (Å²) in [6, 6.07) is 1.59. The summed E-state index contributed by atoms with van der Waals surface area (Å²) in [7, 11) is 0. The van der Waals surface area contributed by atoms with Crippen LogP contribution < -0.4 is 4.74 Å². The summed E-state index contributed by atoms with van der Waals surface area (Å²) in [4.78, 5) is 7.82. The molecule has 5 heteroatoms. The first kappa shape index (κ1) is 11.8. The van der Waals surface area contributed by atoms with Crippen molar-refractivity contribution < 1.29 is 13.5 Å². The predicted molar refractivity (Wildman–Crippen MR) is 52.2 cm³/mol. The first-order valence-corrected chi connectivity index (χ1v) is 4.63. The van der Waals surface area contributed by atoms with Gasteiger partial charge in [-0.1, -0.05) is 20.8 Å². The van der Waals surface area contributed by atoms with E-state index in [0.717, 1.165) is 5.69 Å². The lowest BCUT2D eigenvalue weighted by Gasteiger charge is -2.17. The van der Waals surface area contributed by atoms with Gasteiger partial charge in [0.05, 0.1) is 5.69 Å². The van der Waals surface area contributed by atoms with Crippen molar-refractivity contribution in [3.8, 4) is 5.88 Å². The molecule has 84 valence electrons. The van der Waals surface area contributed by atoms with Crippen molar-refractivity contribution in [2.75, 3.05) is 6.61 Å². The maximum atomic E-state index is 11.9. The zero-order valence-corrected chi connectivity index (χ0v) is 9.00. The van der Waals surface area contributed by atoms with Gasteiger partial charge in [0, 0.05) is 11.5 Å². The first-order chi connectivity index (χ1) is 6.89. The van der Waals surface area contributed by atoms with Gasteiger partial charge in [-0.2, -0.15) is 0 Å². The van der Waals surface area contributed by atoms with Gasteiger partial charge in [-0.05, 0) is 0 Å². The van der Waals surface area contributed by atoms with Gasteiger partial charge in [0.15, 0.2) is 6.61 Å². The van der Waals surface area contributed by atoms with Crippen LogP contribution in [0.25, 0.3) is 0 Å². The van der Waals surface area contributed by atoms with Crippen LogP contribution in [-0.4, -0.2) is 23.0 Å². The van der Waals surface area contributed by atoms with Crippen LogP contribution in [-0.2, 0) is 5.41 Å². The molecule has 0 saturated carbocycles. The highest BCUT2D eigenvalue weighted by Gasteiger charge is 2.16. The Bertz CT molecular complexity index is 323. The molecule has 0 aliphatic heterocycles. The smallest absolute Gasteiger partial charge is 0.272 e.